The number of aromatic nitrogens is 2. The average Bonchev–Trinajstić information content (AvgIpc) is 2.61. The Morgan fingerprint density at radius 2 is 1.72 bits per heavy atom. The van der Waals surface area contributed by atoms with E-state index in [0.717, 1.165) is 37.5 Å². The van der Waals surface area contributed by atoms with E-state index in [1.165, 1.54) is 24.8 Å². The van der Waals surface area contributed by atoms with Gasteiger partial charge in [0.25, 0.3) is 0 Å². The van der Waals surface area contributed by atoms with Crippen LogP contribution in [0.25, 0.3) is 0 Å². The topological polar surface area (TPSA) is 41.1 Å². The van der Waals surface area contributed by atoms with Gasteiger partial charge in [0.1, 0.15) is 5.69 Å². The van der Waals surface area contributed by atoms with Crippen molar-refractivity contribution in [2.75, 3.05) is 18.4 Å². The van der Waals surface area contributed by atoms with Gasteiger partial charge in [-0.3, -0.25) is 4.90 Å². The number of likely N-dealkylation sites (tertiary alicyclic amines) is 1. The number of hydrogen-bond acceptors (Lipinski definition) is 4. The monoisotopic (exact) mass is 350 g/mol. The van der Waals surface area contributed by atoms with E-state index in [4.69, 9.17) is 0 Å². The fraction of sp³-hybridized carbons (Fsp3) is 0.444. The van der Waals surface area contributed by atoms with Crippen molar-refractivity contribution in [1.82, 2.24) is 14.9 Å². The smallest absolute Gasteiger partial charge is 0.350 e. The van der Waals surface area contributed by atoms with Gasteiger partial charge in [-0.05, 0) is 43.1 Å². The van der Waals surface area contributed by atoms with Crippen molar-refractivity contribution in [2.45, 2.75) is 38.5 Å². The first-order valence-electron chi connectivity index (χ1n) is 8.45. The number of anilines is 1. The predicted octanol–water partition coefficient (Wildman–Crippen LogP) is 4.09. The summed E-state index contributed by atoms with van der Waals surface area (Å²) in [4.78, 5) is 9.85. The molecule has 0 aliphatic carbocycles. The van der Waals surface area contributed by atoms with E-state index in [1.807, 2.05) is 18.2 Å². The molecule has 1 aliphatic rings. The molecule has 1 saturated heterocycles. The molecule has 0 radical (unpaired) electrons. The molecule has 4 nitrogen and oxygen atoms in total. The summed E-state index contributed by atoms with van der Waals surface area (Å²) in [5.74, 6) is -0.0115. The molecule has 0 unspecified atom stereocenters. The molecule has 0 bridgehead atoms. The zero-order valence-corrected chi connectivity index (χ0v) is 13.9. The molecular weight excluding hydrogens is 329 g/mol. The standard InChI is InChI=1S/C18H21F3N4/c19-18(20,21)16-8-9-22-17(24-16)23-12-14-6-2-3-7-15(14)13-25-10-4-1-5-11-25/h2-3,6-9H,1,4-5,10-13H2,(H,22,23,24). The second-order valence-electron chi connectivity index (χ2n) is 6.22. The summed E-state index contributed by atoms with van der Waals surface area (Å²) in [6.45, 7) is 3.45. The highest BCUT2D eigenvalue weighted by Crippen LogP contribution is 2.27. The zero-order chi connectivity index (χ0) is 17.7. The van der Waals surface area contributed by atoms with Crippen molar-refractivity contribution >= 4 is 5.95 Å². The fourth-order valence-electron chi connectivity index (χ4n) is 3.02. The highest BCUT2D eigenvalue weighted by Gasteiger charge is 2.32. The highest BCUT2D eigenvalue weighted by atomic mass is 19.4. The molecule has 1 fully saturated rings. The Bertz CT molecular complexity index is 697. The normalized spacial score (nSPS) is 16.0. The minimum absolute atomic E-state index is 0.0115. The van der Waals surface area contributed by atoms with Crippen LogP contribution in [0.1, 0.15) is 36.1 Å². The second kappa shape index (κ2) is 7.82. The molecular formula is C18H21F3N4. The average molecular weight is 350 g/mol. The van der Waals surface area contributed by atoms with Gasteiger partial charge in [0.05, 0.1) is 0 Å². The van der Waals surface area contributed by atoms with Gasteiger partial charge < -0.3 is 5.32 Å². The largest absolute Gasteiger partial charge is 0.433 e. The summed E-state index contributed by atoms with van der Waals surface area (Å²) in [5.41, 5.74) is 1.30. The van der Waals surface area contributed by atoms with Crippen LogP contribution in [0.2, 0.25) is 0 Å². The lowest BCUT2D eigenvalue weighted by molar-refractivity contribution is -0.141. The molecule has 134 valence electrons. The number of hydrogen-bond donors (Lipinski definition) is 1. The summed E-state index contributed by atoms with van der Waals surface area (Å²) in [7, 11) is 0. The van der Waals surface area contributed by atoms with E-state index in [0.29, 0.717) is 6.54 Å². The summed E-state index contributed by atoms with van der Waals surface area (Å²) < 4.78 is 38.2. The van der Waals surface area contributed by atoms with Gasteiger partial charge in [0.2, 0.25) is 5.95 Å². The van der Waals surface area contributed by atoms with Crippen molar-refractivity contribution in [2.24, 2.45) is 0 Å². The molecule has 2 aromatic rings. The van der Waals surface area contributed by atoms with E-state index in [9.17, 15) is 13.2 Å². The minimum atomic E-state index is -4.47. The second-order valence-corrected chi connectivity index (χ2v) is 6.22. The molecule has 1 aliphatic heterocycles. The number of piperidine rings is 1. The number of nitrogens with one attached hydrogen (secondary N) is 1. The fourth-order valence-corrected chi connectivity index (χ4v) is 3.02. The van der Waals surface area contributed by atoms with Gasteiger partial charge in [-0.2, -0.15) is 13.2 Å². The Kier molecular flexibility index (Phi) is 5.53. The van der Waals surface area contributed by atoms with E-state index in [-0.39, 0.29) is 5.95 Å². The number of halogens is 3. The van der Waals surface area contributed by atoms with E-state index in [1.54, 1.807) is 0 Å². The number of benzene rings is 1. The molecule has 1 aromatic carbocycles. The van der Waals surface area contributed by atoms with Crippen LogP contribution < -0.4 is 5.32 Å². The van der Waals surface area contributed by atoms with Crippen LogP contribution in [0.3, 0.4) is 0 Å². The molecule has 2 heterocycles. The Morgan fingerprint density at radius 1 is 1.00 bits per heavy atom. The van der Waals surface area contributed by atoms with Crippen molar-refractivity contribution in [1.29, 1.82) is 0 Å². The van der Waals surface area contributed by atoms with Gasteiger partial charge in [0, 0.05) is 19.3 Å². The lowest BCUT2D eigenvalue weighted by Gasteiger charge is -2.27. The molecule has 3 rings (SSSR count). The third kappa shape index (κ3) is 4.92. The third-order valence-corrected chi connectivity index (χ3v) is 4.34. The highest BCUT2D eigenvalue weighted by molar-refractivity contribution is 5.33. The number of rotatable bonds is 5. The van der Waals surface area contributed by atoms with Crippen LogP contribution >= 0.6 is 0 Å². The van der Waals surface area contributed by atoms with Gasteiger partial charge in [-0.1, -0.05) is 30.7 Å². The third-order valence-electron chi connectivity index (χ3n) is 4.34. The lowest BCUT2D eigenvalue weighted by atomic mass is 10.0. The maximum absolute atomic E-state index is 12.7. The first-order chi connectivity index (χ1) is 12.0. The summed E-state index contributed by atoms with van der Waals surface area (Å²) in [6.07, 6.45) is 0.382. The van der Waals surface area contributed by atoms with Gasteiger partial charge in [-0.15, -0.1) is 0 Å². The quantitative estimate of drug-likeness (QED) is 0.882. The Balaban J connectivity index is 1.67. The number of nitrogens with zero attached hydrogens (tertiary/aromatic N) is 3. The van der Waals surface area contributed by atoms with Gasteiger partial charge in [-0.25, -0.2) is 9.97 Å². The maximum Gasteiger partial charge on any atom is 0.433 e. The molecule has 1 aromatic heterocycles. The van der Waals surface area contributed by atoms with Crippen LogP contribution in [0.5, 0.6) is 0 Å². The first-order valence-corrected chi connectivity index (χ1v) is 8.45. The van der Waals surface area contributed by atoms with E-state index < -0.39 is 11.9 Å². The van der Waals surface area contributed by atoms with Crippen molar-refractivity contribution in [3.8, 4) is 0 Å². The molecule has 0 saturated carbocycles. The van der Waals surface area contributed by atoms with Crippen molar-refractivity contribution < 1.29 is 13.2 Å². The zero-order valence-electron chi connectivity index (χ0n) is 13.9. The maximum atomic E-state index is 12.7. The van der Waals surface area contributed by atoms with Gasteiger partial charge in [0.15, 0.2) is 0 Å². The molecule has 25 heavy (non-hydrogen) atoms. The molecule has 1 N–H and O–H groups in total. The minimum Gasteiger partial charge on any atom is -0.350 e. The van der Waals surface area contributed by atoms with Crippen LogP contribution in [-0.2, 0) is 19.3 Å². The molecule has 0 spiro atoms. The SMILES string of the molecule is FC(F)(F)c1ccnc(NCc2ccccc2CN2CCCCC2)n1. The summed E-state index contributed by atoms with van der Waals surface area (Å²) in [6, 6.07) is 8.85. The van der Waals surface area contributed by atoms with Crippen molar-refractivity contribution in [3.05, 3.63) is 53.3 Å². The predicted molar refractivity (Wildman–Crippen MR) is 89.9 cm³/mol. The summed E-state index contributed by atoms with van der Waals surface area (Å²) in [5, 5.41) is 2.91. The lowest BCUT2D eigenvalue weighted by Crippen LogP contribution is -2.29. The van der Waals surface area contributed by atoms with Crippen molar-refractivity contribution in [3.63, 3.8) is 0 Å². The molecule has 0 atom stereocenters. The van der Waals surface area contributed by atoms with Crippen LogP contribution in [-0.4, -0.2) is 28.0 Å². The molecule has 7 heteroatoms. The Morgan fingerprint density at radius 3 is 2.44 bits per heavy atom. The van der Waals surface area contributed by atoms with Crippen LogP contribution in [0.15, 0.2) is 36.5 Å². The number of alkyl halides is 3. The van der Waals surface area contributed by atoms with Crippen LogP contribution in [0.4, 0.5) is 19.1 Å². The Hall–Kier alpha value is -2.15. The van der Waals surface area contributed by atoms with E-state index >= 15 is 0 Å². The van der Waals surface area contributed by atoms with Gasteiger partial charge >= 0.3 is 6.18 Å². The summed E-state index contributed by atoms with van der Waals surface area (Å²) >= 11 is 0. The van der Waals surface area contributed by atoms with E-state index in [2.05, 4.69) is 26.3 Å². The first kappa shape index (κ1) is 17.7. The van der Waals surface area contributed by atoms with Crippen LogP contribution in [0, 0.1) is 0 Å². The molecule has 0 amide bonds. The Labute approximate surface area is 145 Å².